The molecule has 8 nitrogen and oxygen atoms in total. The van der Waals surface area contributed by atoms with Gasteiger partial charge < -0.3 is 9.88 Å². The highest BCUT2D eigenvalue weighted by atomic mass is 32.2. The summed E-state index contributed by atoms with van der Waals surface area (Å²) in [5, 5.41) is 11.1. The van der Waals surface area contributed by atoms with Crippen LogP contribution >= 0.6 is 23.6 Å². The highest BCUT2D eigenvalue weighted by Gasteiger charge is 2.31. The number of sulfonamides is 1. The molecule has 1 aliphatic heterocycles. The molecule has 3 rings (SSSR count). The molecule has 11 heteroatoms. The van der Waals surface area contributed by atoms with E-state index in [-0.39, 0.29) is 16.3 Å². The van der Waals surface area contributed by atoms with E-state index in [4.69, 9.17) is 12.2 Å². The number of amides is 1. The van der Waals surface area contributed by atoms with E-state index in [9.17, 15) is 13.2 Å². The van der Waals surface area contributed by atoms with E-state index in [1.54, 1.807) is 9.95 Å². The second kappa shape index (κ2) is 7.36. The van der Waals surface area contributed by atoms with E-state index in [1.807, 2.05) is 6.92 Å². The van der Waals surface area contributed by atoms with Crippen LogP contribution < -0.4 is 5.32 Å². The summed E-state index contributed by atoms with van der Waals surface area (Å²) in [5.41, 5.74) is 0. The zero-order valence-electron chi connectivity index (χ0n) is 13.7. The van der Waals surface area contributed by atoms with Crippen molar-refractivity contribution in [2.75, 3.05) is 13.1 Å². The van der Waals surface area contributed by atoms with Gasteiger partial charge in [-0.3, -0.25) is 9.89 Å². The first-order valence-electron chi connectivity index (χ1n) is 7.95. The first kappa shape index (κ1) is 18.2. The molecule has 2 aromatic heterocycles. The van der Waals surface area contributed by atoms with Crippen molar-refractivity contribution in [3.63, 3.8) is 0 Å². The Morgan fingerprint density at radius 3 is 2.84 bits per heavy atom. The van der Waals surface area contributed by atoms with Crippen molar-refractivity contribution in [1.82, 2.24) is 24.4 Å². The zero-order valence-corrected chi connectivity index (χ0v) is 16.1. The molecule has 136 valence electrons. The fourth-order valence-corrected chi connectivity index (χ4v) is 5.90. The molecule has 1 fully saturated rings. The van der Waals surface area contributed by atoms with Crippen LogP contribution in [0.15, 0.2) is 16.3 Å². The molecule has 0 saturated carbocycles. The Kier molecular flexibility index (Phi) is 5.37. The molecule has 0 radical (unpaired) electrons. The number of hydrogen-bond acceptors (Lipinski definition) is 6. The van der Waals surface area contributed by atoms with Crippen LogP contribution in [-0.4, -0.2) is 46.5 Å². The van der Waals surface area contributed by atoms with Crippen molar-refractivity contribution in [3.8, 4) is 0 Å². The second-order valence-corrected chi connectivity index (χ2v) is 8.81. The fourth-order valence-electron chi connectivity index (χ4n) is 2.78. The predicted molar refractivity (Wildman–Crippen MR) is 96.6 cm³/mol. The first-order chi connectivity index (χ1) is 11.9. The van der Waals surface area contributed by atoms with E-state index in [2.05, 4.69) is 15.5 Å². The summed E-state index contributed by atoms with van der Waals surface area (Å²) >= 11 is 6.23. The number of rotatable bonds is 6. The molecule has 2 N–H and O–H groups in total. The van der Waals surface area contributed by atoms with Crippen molar-refractivity contribution < 1.29 is 13.2 Å². The lowest BCUT2D eigenvalue weighted by molar-refractivity contribution is 0.0950. The topological polar surface area (TPSA) is 100 Å². The minimum Gasteiger partial charge on any atom is -0.344 e. The standard InChI is InChI=1S/C14H19N5O3S3/c1-2-19-11(16-17-14(19)23)9-15-13(20)12-10(5-8-24-12)25(21,22)18-6-3-4-7-18/h5,8H,2-4,6-7,9H2,1H3,(H,15,20)(H,17,23). The molecule has 0 aromatic carbocycles. The molecule has 0 bridgehead atoms. The van der Waals surface area contributed by atoms with Gasteiger partial charge in [0.1, 0.15) is 9.77 Å². The normalized spacial score (nSPS) is 15.6. The highest BCUT2D eigenvalue weighted by Crippen LogP contribution is 2.27. The summed E-state index contributed by atoms with van der Waals surface area (Å²) in [7, 11) is -3.62. The van der Waals surface area contributed by atoms with E-state index in [1.165, 1.54) is 10.4 Å². The number of carbonyl (C=O) groups is 1. The van der Waals surface area contributed by atoms with Crippen LogP contribution in [0, 0.1) is 4.77 Å². The third kappa shape index (κ3) is 3.54. The highest BCUT2D eigenvalue weighted by molar-refractivity contribution is 7.89. The Morgan fingerprint density at radius 1 is 1.44 bits per heavy atom. The Balaban J connectivity index is 1.77. The number of aromatic nitrogens is 3. The molecule has 3 heterocycles. The fraction of sp³-hybridized carbons (Fsp3) is 0.500. The number of thiophene rings is 1. The molecule has 25 heavy (non-hydrogen) atoms. The maximum absolute atomic E-state index is 12.7. The Bertz CT molecular complexity index is 922. The van der Waals surface area contributed by atoms with Crippen LogP contribution in [-0.2, 0) is 23.1 Å². The van der Waals surface area contributed by atoms with Crippen LogP contribution in [0.3, 0.4) is 0 Å². The summed E-state index contributed by atoms with van der Waals surface area (Å²) in [6.45, 7) is 3.74. The van der Waals surface area contributed by atoms with Gasteiger partial charge in [0.15, 0.2) is 10.6 Å². The summed E-state index contributed by atoms with van der Waals surface area (Å²) in [4.78, 5) is 12.8. The Morgan fingerprint density at radius 2 is 2.16 bits per heavy atom. The first-order valence-corrected chi connectivity index (χ1v) is 10.7. The van der Waals surface area contributed by atoms with Gasteiger partial charge >= 0.3 is 0 Å². The maximum Gasteiger partial charge on any atom is 0.263 e. The van der Waals surface area contributed by atoms with Crippen LogP contribution in [0.5, 0.6) is 0 Å². The van der Waals surface area contributed by atoms with Crippen molar-refractivity contribution in [2.24, 2.45) is 0 Å². The maximum atomic E-state index is 12.7. The lowest BCUT2D eigenvalue weighted by Crippen LogP contribution is -2.30. The van der Waals surface area contributed by atoms with Gasteiger partial charge in [-0.2, -0.15) is 9.40 Å². The summed E-state index contributed by atoms with van der Waals surface area (Å²) in [5.74, 6) is 0.172. The van der Waals surface area contributed by atoms with Crippen molar-refractivity contribution in [2.45, 2.75) is 37.8 Å². The van der Waals surface area contributed by atoms with E-state index >= 15 is 0 Å². The monoisotopic (exact) mass is 401 g/mol. The minimum atomic E-state index is -3.62. The molecule has 0 atom stereocenters. The third-order valence-corrected chi connectivity index (χ3v) is 7.37. The Hall–Kier alpha value is -1.56. The van der Waals surface area contributed by atoms with Gasteiger partial charge in [-0.25, -0.2) is 8.42 Å². The third-order valence-electron chi connectivity index (χ3n) is 4.08. The van der Waals surface area contributed by atoms with Gasteiger partial charge in [0.2, 0.25) is 10.0 Å². The van der Waals surface area contributed by atoms with Crippen molar-refractivity contribution in [3.05, 3.63) is 26.9 Å². The van der Waals surface area contributed by atoms with E-state index in [0.29, 0.717) is 30.2 Å². The summed E-state index contributed by atoms with van der Waals surface area (Å²) in [6.07, 6.45) is 1.70. The number of nitrogens with one attached hydrogen (secondary N) is 2. The number of nitrogens with zero attached hydrogens (tertiary/aromatic N) is 3. The van der Waals surface area contributed by atoms with Gasteiger partial charge in [0.05, 0.1) is 6.54 Å². The largest absolute Gasteiger partial charge is 0.344 e. The number of H-pyrrole nitrogens is 1. The van der Waals surface area contributed by atoms with Gasteiger partial charge in [-0.05, 0) is 43.4 Å². The lowest BCUT2D eigenvalue weighted by Gasteiger charge is -2.15. The van der Waals surface area contributed by atoms with E-state index < -0.39 is 15.9 Å². The second-order valence-electron chi connectivity index (χ2n) is 5.60. The van der Waals surface area contributed by atoms with Crippen LogP contribution in [0.4, 0.5) is 0 Å². The predicted octanol–water partition coefficient (Wildman–Crippen LogP) is 1.74. The smallest absolute Gasteiger partial charge is 0.263 e. The molecular formula is C14H19N5O3S3. The number of aromatic amines is 1. The molecule has 0 unspecified atom stereocenters. The van der Waals surface area contributed by atoms with Gasteiger partial charge in [-0.15, -0.1) is 11.3 Å². The molecule has 1 aliphatic rings. The van der Waals surface area contributed by atoms with Gasteiger partial charge in [0.25, 0.3) is 5.91 Å². The molecule has 0 spiro atoms. The molecule has 1 amide bonds. The van der Waals surface area contributed by atoms with Gasteiger partial charge in [0, 0.05) is 19.6 Å². The van der Waals surface area contributed by atoms with Crippen molar-refractivity contribution in [1.29, 1.82) is 0 Å². The van der Waals surface area contributed by atoms with Crippen LogP contribution in [0.25, 0.3) is 0 Å². The molecule has 2 aromatic rings. The van der Waals surface area contributed by atoms with Crippen LogP contribution in [0.1, 0.15) is 35.3 Å². The van der Waals surface area contributed by atoms with Crippen LogP contribution in [0.2, 0.25) is 0 Å². The molecular weight excluding hydrogens is 382 g/mol. The average molecular weight is 402 g/mol. The van der Waals surface area contributed by atoms with Crippen molar-refractivity contribution >= 4 is 39.5 Å². The SMILES string of the molecule is CCn1c(CNC(=O)c2sccc2S(=O)(=O)N2CCCC2)n[nH]c1=S. The lowest BCUT2D eigenvalue weighted by atomic mass is 10.4. The Labute approximate surface area is 154 Å². The number of hydrogen-bond donors (Lipinski definition) is 2. The summed E-state index contributed by atoms with van der Waals surface area (Å²) in [6, 6.07) is 1.50. The number of carbonyl (C=O) groups excluding carboxylic acids is 1. The minimum absolute atomic E-state index is 0.0752. The molecule has 1 saturated heterocycles. The average Bonchev–Trinajstić information content (AvgIpc) is 3.32. The molecule has 0 aliphatic carbocycles. The summed E-state index contributed by atoms with van der Waals surface area (Å²) < 4.78 is 29.1. The van der Waals surface area contributed by atoms with E-state index in [0.717, 1.165) is 24.2 Å². The quantitative estimate of drug-likeness (QED) is 0.718. The van der Waals surface area contributed by atoms with Gasteiger partial charge in [-0.1, -0.05) is 0 Å². The zero-order chi connectivity index (χ0) is 18.0.